The Morgan fingerprint density at radius 3 is 2.55 bits per heavy atom. The molecule has 1 heterocycles. The topological polar surface area (TPSA) is 61.4 Å². The molecule has 22 heavy (non-hydrogen) atoms. The van der Waals surface area contributed by atoms with E-state index in [9.17, 15) is 9.59 Å². The maximum atomic E-state index is 12.1. The van der Waals surface area contributed by atoms with Crippen molar-refractivity contribution in [3.05, 3.63) is 29.3 Å². The van der Waals surface area contributed by atoms with Gasteiger partial charge in [0.1, 0.15) is 0 Å². The summed E-state index contributed by atoms with van der Waals surface area (Å²) in [6, 6.07) is 7.01. The highest BCUT2D eigenvalue weighted by Crippen LogP contribution is 2.25. The molecule has 2 rings (SSSR count). The Morgan fingerprint density at radius 2 is 1.95 bits per heavy atom. The number of hydrogen-bond acceptors (Lipinski definition) is 2. The van der Waals surface area contributed by atoms with Crippen LogP contribution in [0.3, 0.4) is 0 Å². The molecule has 1 aromatic carbocycles. The Labute approximate surface area is 136 Å². The van der Waals surface area contributed by atoms with Crippen molar-refractivity contribution in [3.8, 4) is 0 Å². The van der Waals surface area contributed by atoms with Crippen LogP contribution in [-0.4, -0.2) is 30.6 Å². The lowest BCUT2D eigenvalue weighted by Gasteiger charge is -2.21. The van der Waals surface area contributed by atoms with Gasteiger partial charge in [0.05, 0.1) is 0 Å². The third kappa shape index (κ3) is 4.63. The maximum absolute atomic E-state index is 12.1. The van der Waals surface area contributed by atoms with E-state index in [-0.39, 0.29) is 23.4 Å². The molecule has 3 amide bonds. The predicted molar refractivity (Wildman–Crippen MR) is 88.2 cm³/mol. The summed E-state index contributed by atoms with van der Waals surface area (Å²) in [6.07, 6.45) is 0.443. The van der Waals surface area contributed by atoms with Gasteiger partial charge in [-0.25, -0.2) is 4.79 Å². The summed E-state index contributed by atoms with van der Waals surface area (Å²) in [5.74, 6) is 0.194. The number of carbonyl (C=O) groups excluding carboxylic acids is 2. The van der Waals surface area contributed by atoms with E-state index in [1.165, 1.54) is 0 Å². The second kappa shape index (κ2) is 6.57. The summed E-state index contributed by atoms with van der Waals surface area (Å²) in [7, 11) is 0. The van der Waals surface area contributed by atoms with Gasteiger partial charge in [0.2, 0.25) is 5.91 Å². The van der Waals surface area contributed by atoms with E-state index in [1.807, 2.05) is 32.9 Å². The molecule has 0 radical (unpaired) electrons. The molecule has 0 saturated carbocycles. The molecule has 2 N–H and O–H groups in total. The first-order valence-electron chi connectivity index (χ1n) is 7.36. The van der Waals surface area contributed by atoms with Crippen molar-refractivity contribution in [1.29, 1.82) is 0 Å². The maximum Gasteiger partial charge on any atom is 0.315 e. The molecule has 0 aliphatic carbocycles. The van der Waals surface area contributed by atoms with Crippen LogP contribution in [0.1, 0.15) is 27.2 Å². The number of anilines is 1. The average molecular weight is 324 g/mol. The van der Waals surface area contributed by atoms with E-state index in [0.717, 1.165) is 5.69 Å². The van der Waals surface area contributed by atoms with E-state index in [2.05, 4.69) is 10.6 Å². The number of carbonyl (C=O) groups is 2. The summed E-state index contributed by atoms with van der Waals surface area (Å²) < 4.78 is 0. The first kappa shape index (κ1) is 16.6. The van der Waals surface area contributed by atoms with Crippen LogP contribution in [0.25, 0.3) is 0 Å². The summed E-state index contributed by atoms with van der Waals surface area (Å²) in [6.45, 7) is 6.86. The quantitative estimate of drug-likeness (QED) is 0.898. The summed E-state index contributed by atoms with van der Waals surface area (Å²) in [5, 5.41) is 6.32. The minimum absolute atomic E-state index is 0.0744. The molecular formula is C16H22ClN3O2. The number of nitrogens with one attached hydrogen (secondary N) is 2. The molecule has 0 bridgehead atoms. The zero-order chi connectivity index (χ0) is 16.3. The average Bonchev–Trinajstić information content (AvgIpc) is 2.77. The highest BCUT2D eigenvalue weighted by Gasteiger charge is 2.30. The number of rotatable bonds is 3. The van der Waals surface area contributed by atoms with Gasteiger partial charge in [-0.3, -0.25) is 4.79 Å². The van der Waals surface area contributed by atoms with Crippen molar-refractivity contribution in [3.63, 3.8) is 0 Å². The molecule has 1 aliphatic rings. The van der Waals surface area contributed by atoms with Crippen LogP contribution in [0.15, 0.2) is 24.3 Å². The monoisotopic (exact) mass is 323 g/mol. The van der Waals surface area contributed by atoms with Crippen molar-refractivity contribution in [2.75, 3.05) is 18.0 Å². The van der Waals surface area contributed by atoms with Gasteiger partial charge in [-0.2, -0.15) is 0 Å². The molecule has 1 aromatic rings. The van der Waals surface area contributed by atoms with Crippen LogP contribution in [-0.2, 0) is 4.79 Å². The highest BCUT2D eigenvalue weighted by atomic mass is 35.5. The fourth-order valence-electron chi connectivity index (χ4n) is 2.41. The van der Waals surface area contributed by atoms with Gasteiger partial charge in [0.15, 0.2) is 0 Å². The molecule has 0 aromatic heterocycles. The van der Waals surface area contributed by atoms with Gasteiger partial charge in [0.25, 0.3) is 0 Å². The first-order chi connectivity index (χ1) is 10.2. The molecule has 0 spiro atoms. The van der Waals surface area contributed by atoms with E-state index in [0.29, 0.717) is 24.5 Å². The SMILES string of the molecule is CC(C)(C)NC(=O)NC[C@@H]1CC(=O)N(c2ccc(Cl)cc2)C1. The Morgan fingerprint density at radius 1 is 1.32 bits per heavy atom. The molecule has 120 valence electrons. The van der Waals surface area contributed by atoms with Crippen LogP contribution in [0.5, 0.6) is 0 Å². The van der Waals surface area contributed by atoms with Crippen molar-refractivity contribution < 1.29 is 9.59 Å². The zero-order valence-electron chi connectivity index (χ0n) is 13.1. The lowest BCUT2D eigenvalue weighted by molar-refractivity contribution is -0.117. The normalized spacial score (nSPS) is 18.5. The second-order valence-electron chi connectivity index (χ2n) is 6.64. The lowest BCUT2D eigenvalue weighted by Crippen LogP contribution is -2.47. The van der Waals surface area contributed by atoms with Gasteiger partial charge >= 0.3 is 6.03 Å². The first-order valence-corrected chi connectivity index (χ1v) is 7.74. The smallest absolute Gasteiger partial charge is 0.315 e. The summed E-state index contributed by atoms with van der Waals surface area (Å²) >= 11 is 5.86. The molecule has 5 nitrogen and oxygen atoms in total. The van der Waals surface area contributed by atoms with Crippen LogP contribution in [0.4, 0.5) is 10.5 Å². The second-order valence-corrected chi connectivity index (χ2v) is 7.07. The Hall–Kier alpha value is -1.75. The number of amides is 3. The van der Waals surface area contributed by atoms with Gasteiger partial charge < -0.3 is 15.5 Å². The van der Waals surface area contributed by atoms with E-state index < -0.39 is 0 Å². The number of benzene rings is 1. The fourth-order valence-corrected chi connectivity index (χ4v) is 2.54. The predicted octanol–water partition coefficient (Wildman–Crippen LogP) is 2.79. The number of hydrogen-bond donors (Lipinski definition) is 2. The Balaban J connectivity index is 1.87. The fraction of sp³-hybridized carbons (Fsp3) is 0.500. The van der Waals surface area contributed by atoms with Crippen molar-refractivity contribution in [1.82, 2.24) is 10.6 Å². The standard InChI is InChI=1S/C16H22ClN3O2/c1-16(2,3)19-15(22)18-9-11-8-14(21)20(10-11)13-6-4-12(17)5-7-13/h4-7,11H,8-10H2,1-3H3,(H2,18,19,22)/t11-/m0/s1. The highest BCUT2D eigenvalue weighted by molar-refractivity contribution is 6.30. The van der Waals surface area contributed by atoms with Gasteiger partial charge in [-0.15, -0.1) is 0 Å². The van der Waals surface area contributed by atoms with Crippen LogP contribution < -0.4 is 15.5 Å². The van der Waals surface area contributed by atoms with E-state index >= 15 is 0 Å². The van der Waals surface area contributed by atoms with Crippen molar-refractivity contribution >= 4 is 29.2 Å². The lowest BCUT2D eigenvalue weighted by atomic mass is 10.1. The van der Waals surface area contributed by atoms with Crippen molar-refractivity contribution in [2.24, 2.45) is 5.92 Å². The minimum atomic E-state index is -0.273. The van der Waals surface area contributed by atoms with Gasteiger partial charge in [0, 0.05) is 41.7 Å². The minimum Gasteiger partial charge on any atom is -0.338 e. The molecular weight excluding hydrogens is 302 g/mol. The number of nitrogens with zero attached hydrogens (tertiary/aromatic N) is 1. The van der Waals surface area contributed by atoms with Crippen molar-refractivity contribution in [2.45, 2.75) is 32.7 Å². The van der Waals surface area contributed by atoms with Crippen LogP contribution in [0, 0.1) is 5.92 Å². The Kier molecular flexibility index (Phi) is 4.96. The van der Waals surface area contributed by atoms with E-state index in [1.54, 1.807) is 17.0 Å². The summed E-state index contributed by atoms with van der Waals surface area (Å²) in [5.41, 5.74) is 0.571. The molecule has 1 aliphatic heterocycles. The van der Waals surface area contributed by atoms with Gasteiger partial charge in [-0.05, 0) is 45.0 Å². The summed E-state index contributed by atoms with van der Waals surface area (Å²) in [4.78, 5) is 25.6. The van der Waals surface area contributed by atoms with Crippen LogP contribution in [0.2, 0.25) is 5.02 Å². The molecule has 6 heteroatoms. The number of urea groups is 1. The van der Waals surface area contributed by atoms with E-state index in [4.69, 9.17) is 11.6 Å². The number of halogens is 1. The van der Waals surface area contributed by atoms with Gasteiger partial charge in [-0.1, -0.05) is 11.6 Å². The third-order valence-electron chi connectivity index (χ3n) is 3.38. The van der Waals surface area contributed by atoms with Crippen LogP contribution >= 0.6 is 11.6 Å². The zero-order valence-corrected chi connectivity index (χ0v) is 13.9. The molecule has 1 fully saturated rings. The largest absolute Gasteiger partial charge is 0.338 e. The third-order valence-corrected chi connectivity index (χ3v) is 3.64. The Bertz CT molecular complexity index is 552. The molecule has 0 unspecified atom stereocenters. The molecule has 1 saturated heterocycles. The molecule has 1 atom stereocenters.